The van der Waals surface area contributed by atoms with E-state index in [2.05, 4.69) is 15.8 Å². The van der Waals surface area contributed by atoms with E-state index >= 15 is 0 Å². The Morgan fingerprint density at radius 3 is 2.96 bits per heavy atom. The Hall–Kier alpha value is -1.60. The Bertz CT molecular complexity index is 704. The number of furan rings is 1. The second kappa shape index (κ2) is 8.88. The van der Waals surface area contributed by atoms with E-state index in [1.807, 2.05) is 0 Å². The van der Waals surface area contributed by atoms with Crippen molar-refractivity contribution in [1.82, 2.24) is 10.7 Å². The Kier molecular flexibility index (Phi) is 6.85. The first-order valence-corrected chi connectivity index (χ1v) is 7.87. The van der Waals surface area contributed by atoms with Crippen LogP contribution in [0.1, 0.15) is 5.76 Å². The molecule has 0 atom stereocenters. The molecular weight excluding hydrogens is 357 g/mol. The Balaban J connectivity index is 1.96. The predicted octanol–water partition coefficient (Wildman–Crippen LogP) is 3.70. The number of ether oxygens (including phenoxy) is 1. The molecule has 0 amide bonds. The van der Waals surface area contributed by atoms with Gasteiger partial charge in [-0.15, -0.1) is 0 Å². The van der Waals surface area contributed by atoms with Crippen LogP contribution in [0.4, 0.5) is 0 Å². The van der Waals surface area contributed by atoms with Crippen molar-refractivity contribution in [2.75, 3.05) is 20.3 Å². The van der Waals surface area contributed by atoms with Crippen molar-refractivity contribution < 1.29 is 9.15 Å². The van der Waals surface area contributed by atoms with Gasteiger partial charge in [0.25, 0.3) is 0 Å². The van der Waals surface area contributed by atoms with Crippen molar-refractivity contribution in [2.45, 2.75) is 0 Å². The van der Waals surface area contributed by atoms with E-state index in [0.717, 1.165) is 5.56 Å². The van der Waals surface area contributed by atoms with Gasteiger partial charge in [-0.3, -0.25) is 5.43 Å². The molecule has 23 heavy (non-hydrogen) atoms. The summed E-state index contributed by atoms with van der Waals surface area (Å²) in [5, 5.41) is 8.49. The summed E-state index contributed by atoms with van der Waals surface area (Å²) >= 11 is 17.2. The first-order chi connectivity index (χ1) is 11.1. The lowest BCUT2D eigenvalue weighted by atomic mass is 10.2. The molecule has 8 heteroatoms. The summed E-state index contributed by atoms with van der Waals surface area (Å²) in [6.07, 6.45) is 1.52. The maximum absolute atomic E-state index is 6.15. The van der Waals surface area contributed by atoms with Crippen molar-refractivity contribution in [2.24, 2.45) is 5.10 Å². The maximum atomic E-state index is 6.15. The minimum Gasteiger partial charge on any atom is -0.455 e. The number of hydrogen-bond donors (Lipinski definition) is 2. The quantitative estimate of drug-likeness (QED) is 0.351. The SMILES string of the molecule is COCCNC(=S)N/N=C/c1ccc(-c2cc(Cl)ccc2Cl)o1. The molecule has 0 aliphatic rings. The standard InChI is InChI=1S/C15H15Cl2N3O2S/c1-21-7-6-18-15(23)20-19-9-11-3-5-14(22-11)12-8-10(16)2-4-13(12)17/h2-5,8-9H,6-7H2,1H3,(H2,18,20,23)/b19-9+. The van der Waals surface area contributed by atoms with Crippen LogP contribution in [0.25, 0.3) is 11.3 Å². The van der Waals surface area contributed by atoms with E-state index in [0.29, 0.717) is 39.8 Å². The molecule has 2 rings (SSSR count). The van der Waals surface area contributed by atoms with Crippen LogP contribution in [0, 0.1) is 0 Å². The highest BCUT2D eigenvalue weighted by molar-refractivity contribution is 7.80. The average molecular weight is 372 g/mol. The number of hydrazone groups is 1. The Morgan fingerprint density at radius 1 is 1.35 bits per heavy atom. The highest BCUT2D eigenvalue weighted by Gasteiger charge is 2.08. The molecule has 2 N–H and O–H groups in total. The number of halogens is 2. The third-order valence-electron chi connectivity index (χ3n) is 2.77. The first-order valence-electron chi connectivity index (χ1n) is 6.71. The molecule has 1 aromatic carbocycles. The highest BCUT2D eigenvalue weighted by Crippen LogP contribution is 2.31. The lowest BCUT2D eigenvalue weighted by Crippen LogP contribution is -2.34. The zero-order valence-electron chi connectivity index (χ0n) is 12.3. The van der Waals surface area contributed by atoms with Crippen LogP contribution in [0.15, 0.2) is 39.9 Å². The maximum Gasteiger partial charge on any atom is 0.187 e. The molecule has 0 radical (unpaired) electrons. The molecule has 5 nitrogen and oxygen atoms in total. The Morgan fingerprint density at radius 2 is 2.17 bits per heavy atom. The summed E-state index contributed by atoms with van der Waals surface area (Å²) in [7, 11) is 1.62. The summed E-state index contributed by atoms with van der Waals surface area (Å²) < 4.78 is 10.6. The number of nitrogens with zero attached hydrogens (tertiary/aromatic N) is 1. The molecule has 0 unspecified atom stereocenters. The molecule has 1 heterocycles. The predicted molar refractivity (Wildman–Crippen MR) is 97.4 cm³/mol. The van der Waals surface area contributed by atoms with Crippen LogP contribution in [0.5, 0.6) is 0 Å². The lowest BCUT2D eigenvalue weighted by Gasteiger charge is -2.05. The van der Waals surface area contributed by atoms with Crippen LogP contribution < -0.4 is 10.7 Å². The monoisotopic (exact) mass is 371 g/mol. The van der Waals surface area contributed by atoms with E-state index in [1.54, 1.807) is 37.4 Å². The zero-order valence-corrected chi connectivity index (χ0v) is 14.6. The van der Waals surface area contributed by atoms with Gasteiger partial charge in [-0.1, -0.05) is 23.2 Å². The van der Waals surface area contributed by atoms with Crippen molar-refractivity contribution in [3.63, 3.8) is 0 Å². The lowest BCUT2D eigenvalue weighted by molar-refractivity contribution is 0.204. The largest absolute Gasteiger partial charge is 0.455 e. The number of hydrogen-bond acceptors (Lipinski definition) is 4. The third kappa shape index (κ3) is 5.51. The van der Waals surface area contributed by atoms with Crippen LogP contribution >= 0.6 is 35.4 Å². The van der Waals surface area contributed by atoms with E-state index in [4.69, 9.17) is 44.6 Å². The fourth-order valence-electron chi connectivity index (χ4n) is 1.71. The molecule has 0 bridgehead atoms. The smallest absolute Gasteiger partial charge is 0.187 e. The van der Waals surface area contributed by atoms with Gasteiger partial charge in [0.2, 0.25) is 0 Å². The van der Waals surface area contributed by atoms with Crippen molar-refractivity contribution in [3.8, 4) is 11.3 Å². The van der Waals surface area contributed by atoms with Crippen LogP contribution in [0.3, 0.4) is 0 Å². The molecule has 0 aliphatic heterocycles. The molecule has 122 valence electrons. The van der Waals surface area contributed by atoms with E-state index < -0.39 is 0 Å². The van der Waals surface area contributed by atoms with Crippen LogP contribution in [-0.2, 0) is 4.74 Å². The zero-order chi connectivity index (χ0) is 16.7. The molecule has 0 fully saturated rings. The molecule has 0 saturated heterocycles. The van der Waals surface area contributed by atoms with Crippen molar-refractivity contribution >= 4 is 46.7 Å². The van der Waals surface area contributed by atoms with Gasteiger partial charge in [0, 0.05) is 24.2 Å². The van der Waals surface area contributed by atoms with E-state index in [9.17, 15) is 0 Å². The van der Waals surface area contributed by atoms with Crippen molar-refractivity contribution in [3.05, 3.63) is 46.1 Å². The number of nitrogens with one attached hydrogen (secondary N) is 2. The minimum atomic E-state index is 0.406. The van der Waals surface area contributed by atoms with Gasteiger partial charge in [-0.05, 0) is 42.5 Å². The minimum absolute atomic E-state index is 0.406. The molecular formula is C15H15Cl2N3O2S. The topological polar surface area (TPSA) is 58.8 Å². The highest BCUT2D eigenvalue weighted by atomic mass is 35.5. The summed E-state index contributed by atoms with van der Waals surface area (Å²) in [4.78, 5) is 0. The molecule has 0 aliphatic carbocycles. The van der Waals surface area contributed by atoms with Gasteiger partial charge in [0.05, 0.1) is 17.8 Å². The average Bonchev–Trinajstić information content (AvgIpc) is 2.98. The molecule has 0 spiro atoms. The van der Waals surface area contributed by atoms with Crippen molar-refractivity contribution in [1.29, 1.82) is 0 Å². The summed E-state index contributed by atoms with van der Waals surface area (Å²) in [6.45, 7) is 1.17. The van der Waals surface area contributed by atoms with Crippen LogP contribution in [-0.4, -0.2) is 31.6 Å². The van der Waals surface area contributed by atoms with Gasteiger partial charge in [0.15, 0.2) is 5.11 Å². The van der Waals surface area contributed by atoms with Gasteiger partial charge in [-0.25, -0.2) is 0 Å². The summed E-state index contributed by atoms with van der Waals surface area (Å²) in [6, 6.07) is 8.77. The summed E-state index contributed by atoms with van der Waals surface area (Å²) in [5.74, 6) is 1.17. The number of thiocarbonyl (C=S) groups is 1. The number of methoxy groups -OCH3 is 1. The van der Waals surface area contributed by atoms with Gasteiger partial charge >= 0.3 is 0 Å². The Labute approximate surface area is 149 Å². The first kappa shape index (κ1) is 17.7. The third-order valence-corrected chi connectivity index (χ3v) is 3.57. The summed E-state index contributed by atoms with van der Waals surface area (Å²) in [5.41, 5.74) is 3.41. The van der Waals surface area contributed by atoms with E-state index in [-0.39, 0.29) is 0 Å². The van der Waals surface area contributed by atoms with Gasteiger partial charge in [-0.2, -0.15) is 5.10 Å². The van der Waals surface area contributed by atoms with Crippen LogP contribution in [0.2, 0.25) is 10.0 Å². The number of benzene rings is 1. The second-order valence-corrected chi connectivity index (χ2v) is 5.70. The molecule has 0 saturated carbocycles. The van der Waals surface area contributed by atoms with Gasteiger partial charge in [0.1, 0.15) is 11.5 Å². The molecule has 2 aromatic rings. The second-order valence-electron chi connectivity index (χ2n) is 4.44. The fraction of sp³-hybridized carbons (Fsp3) is 0.200. The van der Waals surface area contributed by atoms with Gasteiger partial charge < -0.3 is 14.5 Å². The fourth-order valence-corrected chi connectivity index (χ4v) is 2.25. The number of rotatable bonds is 6. The van der Waals surface area contributed by atoms with E-state index in [1.165, 1.54) is 6.21 Å². The molecule has 1 aromatic heterocycles. The normalized spacial score (nSPS) is 10.9.